The third kappa shape index (κ3) is 3.82. The molecule has 0 saturated carbocycles. The van der Waals surface area contributed by atoms with E-state index in [4.69, 9.17) is 4.42 Å². The Labute approximate surface area is 156 Å². The molecule has 0 fully saturated rings. The molecule has 27 heavy (non-hydrogen) atoms. The van der Waals surface area contributed by atoms with Crippen molar-refractivity contribution in [1.82, 2.24) is 0 Å². The van der Waals surface area contributed by atoms with Gasteiger partial charge in [0.1, 0.15) is 11.4 Å². The first-order valence-electron chi connectivity index (χ1n) is 8.84. The number of carbonyl (C=O) groups excluding carboxylic acids is 1. The van der Waals surface area contributed by atoms with E-state index >= 15 is 0 Å². The number of rotatable bonds is 6. The van der Waals surface area contributed by atoms with E-state index in [9.17, 15) is 14.0 Å². The lowest BCUT2D eigenvalue weighted by Crippen LogP contribution is -2.21. The van der Waals surface area contributed by atoms with E-state index in [0.29, 0.717) is 5.56 Å². The van der Waals surface area contributed by atoms with Crippen molar-refractivity contribution in [3.63, 3.8) is 0 Å². The van der Waals surface area contributed by atoms with Crippen LogP contribution >= 0.6 is 0 Å². The number of fused-ring (bicyclic) bond motifs is 1. The van der Waals surface area contributed by atoms with Crippen molar-refractivity contribution in [3.8, 4) is 0 Å². The first-order chi connectivity index (χ1) is 13.0. The Hall–Kier alpha value is -3.21. The minimum atomic E-state index is -0.811. The van der Waals surface area contributed by atoms with E-state index in [0.717, 1.165) is 18.8 Å². The van der Waals surface area contributed by atoms with Crippen molar-refractivity contribution < 1.29 is 13.6 Å². The highest BCUT2D eigenvalue weighted by Gasteiger charge is 2.14. The SMILES string of the molecule is CCN(CC)c1ccc2c(F)c(/C=C/C(=O)c3ccccc3)c(=O)oc2c1. The maximum Gasteiger partial charge on any atom is 0.346 e. The Morgan fingerprint density at radius 3 is 2.48 bits per heavy atom. The second-order valence-electron chi connectivity index (χ2n) is 6.03. The van der Waals surface area contributed by atoms with Gasteiger partial charge in [0.05, 0.1) is 10.9 Å². The minimum Gasteiger partial charge on any atom is -0.422 e. The third-order valence-corrected chi connectivity index (χ3v) is 4.45. The Balaban J connectivity index is 2.00. The molecule has 0 bridgehead atoms. The molecular weight excluding hydrogens is 345 g/mol. The highest BCUT2D eigenvalue weighted by atomic mass is 19.1. The molecule has 0 atom stereocenters. The molecule has 0 N–H and O–H groups in total. The van der Waals surface area contributed by atoms with Gasteiger partial charge in [-0.2, -0.15) is 0 Å². The van der Waals surface area contributed by atoms with E-state index in [1.165, 1.54) is 12.2 Å². The first-order valence-corrected chi connectivity index (χ1v) is 8.84. The standard InChI is InChI=1S/C22H20FNO3/c1-3-24(4-2)16-10-11-17-20(14-16)27-22(26)18(21(17)23)12-13-19(25)15-8-6-5-7-9-15/h5-14H,3-4H2,1-2H3/b13-12+. The van der Waals surface area contributed by atoms with Crippen LogP contribution in [0, 0.1) is 5.82 Å². The largest absolute Gasteiger partial charge is 0.422 e. The zero-order valence-corrected chi connectivity index (χ0v) is 15.2. The molecule has 1 aromatic heterocycles. The van der Waals surface area contributed by atoms with E-state index < -0.39 is 11.4 Å². The molecule has 5 heteroatoms. The van der Waals surface area contributed by atoms with Crippen LogP contribution in [0.5, 0.6) is 0 Å². The van der Waals surface area contributed by atoms with Gasteiger partial charge in [0.25, 0.3) is 0 Å². The number of hydrogen-bond donors (Lipinski definition) is 0. The molecule has 3 aromatic rings. The van der Waals surface area contributed by atoms with Gasteiger partial charge >= 0.3 is 5.63 Å². The Morgan fingerprint density at radius 1 is 1.11 bits per heavy atom. The van der Waals surface area contributed by atoms with Gasteiger partial charge in [-0.15, -0.1) is 0 Å². The topological polar surface area (TPSA) is 50.5 Å². The number of halogens is 1. The average Bonchev–Trinajstić information content (AvgIpc) is 2.69. The fourth-order valence-electron chi connectivity index (χ4n) is 2.95. The van der Waals surface area contributed by atoms with Crippen LogP contribution in [-0.4, -0.2) is 18.9 Å². The zero-order valence-electron chi connectivity index (χ0n) is 15.2. The fraction of sp³-hybridized carbons (Fsp3) is 0.182. The maximum atomic E-state index is 14.8. The molecule has 138 valence electrons. The second kappa shape index (κ2) is 7.99. The van der Waals surface area contributed by atoms with Crippen LogP contribution in [0.15, 0.2) is 63.8 Å². The third-order valence-electron chi connectivity index (χ3n) is 4.45. The van der Waals surface area contributed by atoms with Crippen LogP contribution in [0.1, 0.15) is 29.8 Å². The summed E-state index contributed by atoms with van der Waals surface area (Å²) in [5.74, 6) is -1.00. The summed E-state index contributed by atoms with van der Waals surface area (Å²) >= 11 is 0. The summed E-state index contributed by atoms with van der Waals surface area (Å²) in [6.07, 6.45) is 2.36. The summed E-state index contributed by atoms with van der Waals surface area (Å²) in [7, 11) is 0. The molecule has 0 spiro atoms. The summed E-state index contributed by atoms with van der Waals surface area (Å²) in [5, 5.41) is 0.206. The smallest absolute Gasteiger partial charge is 0.346 e. The summed E-state index contributed by atoms with van der Waals surface area (Å²) in [6, 6.07) is 13.6. The Bertz CT molecular complexity index is 1050. The molecule has 4 nitrogen and oxygen atoms in total. The molecular formula is C22H20FNO3. The van der Waals surface area contributed by atoms with Crippen molar-refractivity contribution in [2.45, 2.75) is 13.8 Å². The number of ketones is 1. The van der Waals surface area contributed by atoms with Gasteiger partial charge < -0.3 is 9.32 Å². The van der Waals surface area contributed by atoms with Gasteiger partial charge in [-0.3, -0.25) is 4.79 Å². The monoisotopic (exact) mass is 365 g/mol. The van der Waals surface area contributed by atoms with Crippen LogP contribution < -0.4 is 10.5 Å². The number of allylic oxidation sites excluding steroid dienone is 1. The number of hydrogen-bond acceptors (Lipinski definition) is 4. The molecule has 0 saturated heterocycles. The van der Waals surface area contributed by atoms with Crippen LogP contribution in [0.4, 0.5) is 10.1 Å². The zero-order chi connectivity index (χ0) is 19.4. The highest BCUT2D eigenvalue weighted by Crippen LogP contribution is 2.25. The molecule has 0 unspecified atom stereocenters. The molecule has 0 radical (unpaired) electrons. The molecule has 0 aliphatic heterocycles. The highest BCUT2D eigenvalue weighted by molar-refractivity contribution is 6.06. The number of benzene rings is 2. The van der Waals surface area contributed by atoms with Crippen molar-refractivity contribution in [1.29, 1.82) is 0 Å². The average molecular weight is 365 g/mol. The molecule has 2 aromatic carbocycles. The lowest BCUT2D eigenvalue weighted by atomic mass is 10.1. The lowest BCUT2D eigenvalue weighted by Gasteiger charge is -2.21. The number of nitrogens with zero attached hydrogens (tertiary/aromatic N) is 1. The predicted molar refractivity (Wildman–Crippen MR) is 106 cm³/mol. The van der Waals surface area contributed by atoms with E-state index in [2.05, 4.69) is 4.90 Å². The minimum absolute atomic E-state index is 0.188. The Morgan fingerprint density at radius 2 is 1.81 bits per heavy atom. The first kappa shape index (κ1) is 18.6. The van der Waals surface area contributed by atoms with Gasteiger partial charge in [-0.05, 0) is 38.1 Å². The second-order valence-corrected chi connectivity index (χ2v) is 6.03. The van der Waals surface area contributed by atoms with E-state index in [-0.39, 0.29) is 22.3 Å². The summed E-state index contributed by atoms with van der Waals surface area (Å²) in [6.45, 7) is 5.61. The quantitative estimate of drug-likeness (QED) is 0.362. The van der Waals surface area contributed by atoms with Gasteiger partial charge in [0.2, 0.25) is 0 Å². The van der Waals surface area contributed by atoms with Gasteiger partial charge in [0, 0.05) is 30.4 Å². The fourth-order valence-corrected chi connectivity index (χ4v) is 2.95. The summed E-state index contributed by atoms with van der Waals surface area (Å²) in [5.41, 5.74) is 0.436. The van der Waals surface area contributed by atoms with Crippen molar-refractivity contribution in [3.05, 3.63) is 82.0 Å². The molecule has 0 amide bonds. The van der Waals surface area contributed by atoms with Crippen LogP contribution in [0.2, 0.25) is 0 Å². The molecule has 0 aliphatic rings. The van der Waals surface area contributed by atoms with Crippen molar-refractivity contribution in [2.75, 3.05) is 18.0 Å². The van der Waals surface area contributed by atoms with Gasteiger partial charge in [-0.25, -0.2) is 9.18 Å². The predicted octanol–water partition coefficient (Wildman–Crippen LogP) is 4.67. The maximum absolute atomic E-state index is 14.8. The van der Waals surface area contributed by atoms with Crippen LogP contribution in [-0.2, 0) is 0 Å². The van der Waals surface area contributed by atoms with E-state index in [1.54, 1.807) is 48.5 Å². The van der Waals surface area contributed by atoms with Gasteiger partial charge in [-0.1, -0.05) is 30.3 Å². The molecule has 0 aliphatic carbocycles. The number of anilines is 1. The lowest BCUT2D eigenvalue weighted by molar-refractivity contribution is 0.104. The van der Waals surface area contributed by atoms with Crippen molar-refractivity contribution in [2.24, 2.45) is 0 Å². The summed E-state index contributed by atoms with van der Waals surface area (Å²) < 4.78 is 20.1. The Kier molecular flexibility index (Phi) is 5.50. The number of carbonyl (C=O) groups is 1. The molecule has 3 rings (SSSR count). The van der Waals surface area contributed by atoms with E-state index in [1.807, 2.05) is 13.8 Å². The van der Waals surface area contributed by atoms with Crippen LogP contribution in [0.25, 0.3) is 17.0 Å². The van der Waals surface area contributed by atoms with Crippen LogP contribution in [0.3, 0.4) is 0 Å². The normalized spacial score (nSPS) is 11.2. The van der Waals surface area contributed by atoms with Crippen molar-refractivity contribution >= 4 is 28.5 Å². The molecule has 1 heterocycles. The van der Waals surface area contributed by atoms with Gasteiger partial charge in [0.15, 0.2) is 5.78 Å². The summed E-state index contributed by atoms with van der Waals surface area (Å²) in [4.78, 5) is 26.5.